The summed E-state index contributed by atoms with van der Waals surface area (Å²) in [7, 11) is 7.20. The van der Waals surface area contributed by atoms with E-state index >= 15 is 0 Å². The fraction of sp³-hybridized carbons (Fsp3) is 1.00. The van der Waals surface area contributed by atoms with Crippen LogP contribution in [0.5, 0.6) is 0 Å². The van der Waals surface area contributed by atoms with Crippen LogP contribution in [0.1, 0.15) is 13.8 Å². The van der Waals surface area contributed by atoms with Crippen molar-refractivity contribution in [2.45, 2.75) is 13.8 Å². The lowest BCUT2D eigenvalue weighted by Gasteiger charge is -2.11. The van der Waals surface area contributed by atoms with E-state index in [0.29, 0.717) is 5.92 Å². The predicted octanol–water partition coefficient (Wildman–Crippen LogP) is 0.658. The zero-order valence-electron chi connectivity index (χ0n) is 5.31. The lowest BCUT2D eigenvalue weighted by molar-refractivity contribution is 0.452. The molecule has 0 aromatic rings. The van der Waals surface area contributed by atoms with Crippen molar-refractivity contribution in [3.05, 3.63) is 0 Å². The number of rotatable bonds is 2. The van der Waals surface area contributed by atoms with Crippen LogP contribution in [0.25, 0.3) is 0 Å². The largest absolute Gasteiger partial charge is 0.356 e. The van der Waals surface area contributed by atoms with Crippen LogP contribution in [0.2, 0.25) is 0 Å². The van der Waals surface area contributed by atoms with Gasteiger partial charge in [-0.1, -0.05) is 13.8 Å². The lowest BCUT2D eigenvalue weighted by atomic mass is 10.2. The highest BCUT2D eigenvalue weighted by Crippen LogP contribution is 1.90. The molecular weight excluding hydrogens is 84.9 g/mol. The first kappa shape index (κ1) is 7.02. The van der Waals surface area contributed by atoms with Crippen molar-refractivity contribution >= 4 is 7.98 Å². The van der Waals surface area contributed by atoms with E-state index in [1.807, 2.05) is 7.05 Å². The molecule has 1 nitrogen and oxygen atoms in total. The van der Waals surface area contributed by atoms with Gasteiger partial charge in [-0.3, -0.25) is 0 Å². The van der Waals surface area contributed by atoms with Crippen molar-refractivity contribution in [3.63, 3.8) is 0 Å². The quantitative estimate of drug-likeness (QED) is 0.457. The maximum absolute atomic E-state index is 5.33. The van der Waals surface area contributed by atoms with Gasteiger partial charge in [-0.25, -0.2) is 0 Å². The molecule has 2 heteroatoms. The Labute approximate surface area is 47.1 Å². The van der Waals surface area contributed by atoms with E-state index in [1.54, 1.807) is 4.81 Å². The molecule has 0 saturated carbocycles. The third-order valence-electron chi connectivity index (χ3n) is 0.653. The summed E-state index contributed by atoms with van der Waals surface area (Å²) in [5.74, 6) is 0.676. The Balaban J connectivity index is 2.95. The van der Waals surface area contributed by atoms with Crippen molar-refractivity contribution in [3.8, 4) is 0 Å². The minimum absolute atomic E-state index is 0.676. The van der Waals surface area contributed by atoms with Gasteiger partial charge in [0, 0.05) is 0 Å². The summed E-state index contributed by atoms with van der Waals surface area (Å²) in [6, 6.07) is 0. The van der Waals surface area contributed by atoms with Crippen LogP contribution in [0, 0.1) is 5.92 Å². The van der Waals surface area contributed by atoms with Gasteiger partial charge >= 0.3 is 0 Å². The molecule has 2 radical (unpaired) electrons. The third kappa shape index (κ3) is 6.02. The molecular formula is C5H12BN. The van der Waals surface area contributed by atoms with Crippen LogP contribution in [-0.4, -0.2) is 26.4 Å². The minimum atomic E-state index is 0.676. The second kappa shape index (κ2) is 3.08. The summed E-state index contributed by atoms with van der Waals surface area (Å²) in [4.78, 5) is 1.70. The molecule has 0 amide bonds. The topological polar surface area (TPSA) is 3.24 Å². The van der Waals surface area contributed by atoms with Crippen LogP contribution in [0.15, 0.2) is 0 Å². The summed E-state index contributed by atoms with van der Waals surface area (Å²) in [6.07, 6.45) is 0. The minimum Gasteiger partial charge on any atom is -0.356 e. The molecule has 0 rings (SSSR count). The Kier molecular flexibility index (Phi) is 3.09. The zero-order valence-corrected chi connectivity index (χ0v) is 5.31. The molecule has 0 bridgehead atoms. The zero-order chi connectivity index (χ0) is 5.86. The smallest absolute Gasteiger partial charge is 0.182 e. The Morgan fingerprint density at radius 3 is 2.00 bits per heavy atom. The van der Waals surface area contributed by atoms with Crippen LogP contribution in [0.3, 0.4) is 0 Å². The second-order valence-corrected chi connectivity index (χ2v) is 2.33. The third-order valence-corrected chi connectivity index (χ3v) is 0.653. The Bertz CT molecular complexity index is 37.3. The lowest BCUT2D eigenvalue weighted by Crippen LogP contribution is -2.19. The number of nitrogens with zero attached hydrogens (tertiary/aromatic N) is 1. The molecule has 0 aromatic carbocycles. The first-order valence-corrected chi connectivity index (χ1v) is 2.58. The Hall–Kier alpha value is 0.0249. The fourth-order valence-electron chi connectivity index (χ4n) is 0.576. The predicted molar refractivity (Wildman–Crippen MR) is 33.2 cm³/mol. The van der Waals surface area contributed by atoms with Crippen molar-refractivity contribution in [1.29, 1.82) is 0 Å². The van der Waals surface area contributed by atoms with E-state index in [9.17, 15) is 0 Å². The van der Waals surface area contributed by atoms with E-state index in [2.05, 4.69) is 13.8 Å². The van der Waals surface area contributed by atoms with Gasteiger partial charge in [0.05, 0.1) is 0 Å². The highest BCUT2D eigenvalue weighted by Gasteiger charge is 1.91. The average Bonchev–Trinajstić information content (AvgIpc) is 1.27. The van der Waals surface area contributed by atoms with Crippen LogP contribution >= 0.6 is 0 Å². The number of hydrogen-bond donors (Lipinski definition) is 0. The molecule has 0 aromatic heterocycles. The van der Waals surface area contributed by atoms with Crippen molar-refractivity contribution in [2.75, 3.05) is 13.6 Å². The Morgan fingerprint density at radius 2 is 2.00 bits per heavy atom. The van der Waals surface area contributed by atoms with Crippen molar-refractivity contribution in [1.82, 2.24) is 4.81 Å². The van der Waals surface area contributed by atoms with Gasteiger partial charge in [0.2, 0.25) is 0 Å². The van der Waals surface area contributed by atoms with Gasteiger partial charge in [-0.05, 0) is 19.5 Å². The maximum Gasteiger partial charge on any atom is 0.182 e. The summed E-state index contributed by atoms with van der Waals surface area (Å²) in [6.45, 7) is 5.26. The molecule has 0 aliphatic heterocycles. The van der Waals surface area contributed by atoms with Gasteiger partial charge in [0.25, 0.3) is 0 Å². The first-order chi connectivity index (χ1) is 3.13. The van der Waals surface area contributed by atoms with Gasteiger partial charge in [0.1, 0.15) is 0 Å². The van der Waals surface area contributed by atoms with Gasteiger partial charge in [0.15, 0.2) is 7.98 Å². The highest BCUT2D eigenvalue weighted by molar-refractivity contribution is 6.04. The molecule has 0 N–H and O–H groups in total. The van der Waals surface area contributed by atoms with Crippen LogP contribution in [0.4, 0.5) is 0 Å². The fourth-order valence-corrected chi connectivity index (χ4v) is 0.576. The molecule has 0 aliphatic carbocycles. The average molecular weight is 97.0 g/mol. The molecule has 0 atom stereocenters. The van der Waals surface area contributed by atoms with Crippen molar-refractivity contribution in [2.24, 2.45) is 5.92 Å². The number of hydrogen-bond acceptors (Lipinski definition) is 1. The molecule has 0 spiro atoms. The summed E-state index contributed by atoms with van der Waals surface area (Å²) in [5, 5.41) is 0. The molecule has 0 saturated heterocycles. The molecule has 7 heavy (non-hydrogen) atoms. The van der Waals surface area contributed by atoms with E-state index in [4.69, 9.17) is 7.98 Å². The standard InChI is InChI=1S/C5H12BN/c1-5(2)4-7(3)6/h5H,4H2,1-3H3. The summed E-state index contributed by atoms with van der Waals surface area (Å²) >= 11 is 0. The monoisotopic (exact) mass is 97.1 g/mol. The van der Waals surface area contributed by atoms with E-state index in [1.165, 1.54) is 0 Å². The summed E-state index contributed by atoms with van der Waals surface area (Å²) in [5.41, 5.74) is 0. The van der Waals surface area contributed by atoms with Crippen LogP contribution in [-0.2, 0) is 0 Å². The van der Waals surface area contributed by atoms with Gasteiger partial charge in [-0.2, -0.15) is 0 Å². The highest BCUT2D eigenvalue weighted by atomic mass is 15.0. The summed E-state index contributed by atoms with van der Waals surface area (Å²) < 4.78 is 0. The van der Waals surface area contributed by atoms with Crippen molar-refractivity contribution < 1.29 is 0 Å². The maximum atomic E-state index is 5.33. The molecule has 0 aliphatic rings. The Morgan fingerprint density at radius 1 is 1.57 bits per heavy atom. The van der Waals surface area contributed by atoms with E-state index in [0.717, 1.165) is 6.54 Å². The van der Waals surface area contributed by atoms with Gasteiger partial charge in [-0.15, -0.1) is 0 Å². The first-order valence-electron chi connectivity index (χ1n) is 2.58. The van der Waals surface area contributed by atoms with Crippen LogP contribution < -0.4 is 0 Å². The van der Waals surface area contributed by atoms with E-state index in [-0.39, 0.29) is 0 Å². The van der Waals surface area contributed by atoms with E-state index < -0.39 is 0 Å². The van der Waals surface area contributed by atoms with Gasteiger partial charge < -0.3 is 4.81 Å². The molecule has 40 valence electrons. The molecule has 0 fully saturated rings. The normalized spacial score (nSPS) is 11.0. The molecule has 0 heterocycles. The SMILES string of the molecule is [B]N(C)CC(C)C. The molecule has 0 unspecified atom stereocenters. The second-order valence-electron chi connectivity index (χ2n) is 2.33.